The number of carboxylic acids is 1. The Bertz CT molecular complexity index is 823. The van der Waals surface area contributed by atoms with Crippen LogP contribution in [0.4, 0.5) is 0 Å². The van der Waals surface area contributed by atoms with E-state index in [4.69, 9.17) is 14.2 Å². The zero-order valence-electron chi connectivity index (χ0n) is 32.7. The molecular formula is C41H78NO7+. The van der Waals surface area contributed by atoms with E-state index in [-0.39, 0.29) is 36.2 Å². The Morgan fingerprint density at radius 2 is 1.02 bits per heavy atom. The first kappa shape index (κ1) is 47.1. The maximum atomic E-state index is 12.6. The van der Waals surface area contributed by atoms with Crippen LogP contribution < -0.4 is 0 Å². The molecule has 8 heteroatoms. The molecule has 0 saturated heterocycles. The third-order valence-corrected chi connectivity index (χ3v) is 9.16. The number of quaternary nitrogens is 1. The minimum Gasteiger partial charge on any atom is -0.477 e. The molecule has 0 aromatic heterocycles. The van der Waals surface area contributed by atoms with Gasteiger partial charge in [0.25, 0.3) is 0 Å². The van der Waals surface area contributed by atoms with E-state index in [1.807, 2.05) is 21.1 Å². The first-order chi connectivity index (χ1) is 23.6. The number of esters is 2. The summed E-state index contributed by atoms with van der Waals surface area (Å²) < 4.78 is 17.2. The van der Waals surface area contributed by atoms with Crippen molar-refractivity contribution < 1.29 is 38.2 Å². The minimum atomic E-state index is -0.876. The van der Waals surface area contributed by atoms with Crippen LogP contribution >= 0.6 is 0 Å². The van der Waals surface area contributed by atoms with E-state index in [0.717, 1.165) is 51.4 Å². The third kappa shape index (κ3) is 31.8. The molecule has 0 rings (SSSR count). The zero-order valence-corrected chi connectivity index (χ0v) is 32.7. The Morgan fingerprint density at radius 1 is 0.592 bits per heavy atom. The van der Waals surface area contributed by atoms with Crippen molar-refractivity contribution in [3.05, 3.63) is 12.2 Å². The molecule has 2 unspecified atom stereocenters. The molecule has 0 aromatic carbocycles. The van der Waals surface area contributed by atoms with Gasteiger partial charge >= 0.3 is 17.9 Å². The predicted octanol–water partition coefficient (Wildman–Crippen LogP) is 10.4. The monoisotopic (exact) mass is 697 g/mol. The second-order valence-electron chi connectivity index (χ2n) is 14.9. The average Bonchev–Trinajstić information content (AvgIpc) is 3.05. The van der Waals surface area contributed by atoms with Crippen LogP contribution in [0.3, 0.4) is 0 Å². The van der Waals surface area contributed by atoms with Crippen LogP contribution in [0.2, 0.25) is 0 Å². The molecule has 0 aliphatic heterocycles. The molecule has 49 heavy (non-hydrogen) atoms. The van der Waals surface area contributed by atoms with Crippen molar-refractivity contribution in [1.82, 2.24) is 0 Å². The van der Waals surface area contributed by atoms with E-state index in [9.17, 15) is 19.5 Å². The second kappa shape index (κ2) is 33.2. The standard InChI is InChI=1S/C41H77NO7/c1-6-8-10-12-14-15-16-17-18-19-20-21-22-23-24-26-28-30-32-40(44)49-37(35-47-34-33-38(41(45)46)42(3,4)5)36-48-39(43)31-29-27-25-13-11-9-7-2/h20-21,37-38H,6-19,22-36H2,1-5H3/p+1/b21-20+. The molecule has 2 atom stereocenters. The summed E-state index contributed by atoms with van der Waals surface area (Å²) in [4.78, 5) is 36.7. The number of aliphatic carboxylic acids is 1. The number of allylic oxidation sites excluding steroid dienone is 2. The normalized spacial score (nSPS) is 13.1. The van der Waals surface area contributed by atoms with Crippen LogP contribution in [0, 0.1) is 0 Å². The third-order valence-electron chi connectivity index (χ3n) is 9.16. The summed E-state index contributed by atoms with van der Waals surface area (Å²) in [7, 11) is 5.51. The molecule has 0 bridgehead atoms. The summed E-state index contributed by atoms with van der Waals surface area (Å²) in [5, 5.41) is 9.57. The summed E-state index contributed by atoms with van der Waals surface area (Å²) in [5.74, 6) is -1.48. The van der Waals surface area contributed by atoms with Gasteiger partial charge in [-0.2, -0.15) is 0 Å². The van der Waals surface area contributed by atoms with E-state index in [0.29, 0.717) is 19.3 Å². The van der Waals surface area contributed by atoms with Gasteiger partial charge in [-0.1, -0.05) is 135 Å². The molecule has 0 aromatic rings. The highest BCUT2D eigenvalue weighted by atomic mass is 16.6. The van der Waals surface area contributed by atoms with Gasteiger partial charge in [0.15, 0.2) is 12.1 Å². The number of hydrogen-bond acceptors (Lipinski definition) is 6. The van der Waals surface area contributed by atoms with Gasteiger partial charge in [-0.05, 0) is 38.5 Å². The summed E-state index contributed by atoms with van der Waals surface area (Å²) >= 11 is 0. The lowest BCUT2D eigenvalue weighted by Gasteiger charge is -2.31. The molecule has 0 spiro atoms. The minimum absolute atomic E-state index is 0.0502. The van der Waals surface area contributed by atoms with Crippen molar-refractivity contribution in [2.24, 2.45) is 0 Å². The molecule has 0 heterocycles. The van der Waals surface area contributed by atoms with E-state index < -0.39 is 18.1 Å². The number of likely N-dealkylation sites (N-methyl/N-ethyl adjacent to an activating group) is 1. The van der Waals surface area contributed by atoms with Crippen LogP contribution in [0.25, 0.3) is 0 Å². The van der Waals surface area contributed by atoms with Crippen molar-refractivity contribution in [2.45, 2.75) is 193 Å². The van der Waals surface area contributed by atoms with E-state index in [1.54, 1.807) is 0 Å². The maximum absolute atomic E-state index is 12.6. The summed E-state index contributed by atoms with van der Waals surface area (Å²) in [5.41, 5.74) is 0. The van der Waals surface area contributed by atoms with Gasteiger partial charge in [0, 0.05) is 19.3 Å². The molecule has 8 nitrogen and oxygen atoms in total. The molecule has 0 saturated carbocycles. The van der Waals surface area contributed by atoms with E-state index in [1.165, 1.54) is 96.3 Å². The molecule has 288 valence electrons. The van der Waals surface area contributed by atoms with Crippen LogP contribution in [0.1, 0.15) is 181 Å². The molecule has 0 fully saturated rings. The quantitative estimate of drug-likeness (QED) is 0.0301. The fourth-order valence-corrected chi connectivity index (χ4v) is 5.97. The van der Waals surface area contributed by atoms with Gasteiger partial charge in [-0.3, -0.25) is 9.59 Å². The Balaban J connectivity index is 4.29. The largest absolute Gasteiger partial charge is 0.477 e. The lowest BCUT2D eigenvalue weighted by molar-refractivity contribution is -0.887. The number of carboxylic acid groups (broad SMARTS) is 1. The lowest BCUT2D eigenvalue weighted by atomic mass is 10.1. The maximum Gasteiger partial charge on any atom is 0.362 e. The molecule has 0 radical (unpaired) electrons. The number of carbonyl (C=O) groups is 3. The molecule has 0 amide bonds. The second-order valence-corrected chi connectivity index (χ2v) is 14.9. The van der Waals surface area contributed by atoms with Crippen molar-refractivity contribution in [1.29, 1.82) is 0 Å². The van der Waals surface area contributed by atoms with Crippen molar-refractivity contribution in [3.8, 4) is 0 Å². The predicted molar refractivity (Wildman–Crippen MR) is 202 cm³/mol. The highest BCUT2D eigenvalue weighted by Gasteiger charge is 2.31. The Hall–Kier alpha value is -1.93. The van der Waals surface area contributed by atoms with Gasteiger partial charge < -0.3 is 23.8 Å². The highest BCUT2D eigenvalue weighted by Crippen LogP contribution is 2.14. The summed E-state index contributed by atoms with van der Waals surface area (Å²) in [6, 6.07) is -0.610. The topological polar surface area (TPSA) is 99.1 Å². The Labute approximate surface area is 301 Å². The van der Waals surface area contributed by atoms with Gasteiger partial charge in [0.2, 0.25) is 0 Å². The first-order valence-electron chi connectivity index (χ1n) is 20.2. The smallest absolute Gasteiger partial charge is 0.362 e. The first-order valence-corrected chi connectivity index (χ1v) is 20.2. The van der Waals surface area contributed by atoms with Crippen LogP contribution in [-0.2, 0) is 28.6 Å². The number of ether oxygens (including phenoxy) is 3. The van der Waals surface area contributed by atoms with Gasteiger partial charge in [0.1, 0.15) is 6.61 Å². The lowest BCUT2D eigenvalue weighted by Crippen LogP contribution is -2.50. The van der Waals surface area contributed by atoms with Crippen molar-refractivity contribution in [2.75, 3.05) is 41.0 Å². The van der Waals surface area contributed by atoms with Crippen molar-refractivity contribution in [3.63, 3.8) is 0 Å². The summed E-state index contributed by atoms with van der Waals surface area (Å²) in [6.45, 7) is 4.69. The number of nitrogens with zero attached hydrogens (tertiary/aromatic N) is 1. The summed E-state index contributed by atoms with van der Waals surface area (Å²) in [6.07, 6.45) is 32.7. The molecule has 1 N–H and O–H groups in total. The van der Waals surface area contributed by atoms with Gasteiger partial charge in [0.05, 0.1) is 34.4 Å². The SMILES string of the molecule is CCCCCCCCCCC/C=C/CCCCCCCC(=O)OC(COCCC(C(=O)O)[N+](C)(C)C)COC(=O)CCCCCCCCC. The van der Waals surface area contributed by atoms with Crippen molar-refractivity contribution >= 4 is 17.9 Å². The molecular weight excluding hydrogens is 618 g/mol. The van der Waals surface area contributed by atoms with Gasteiger partial charge in [-0.15, -0.1) is 0 Å². The van der Waals surface area contributed by atoms with E-state index in [2.05, 4.69) is 26.0 Å². The van der Waals surface area contributed by atoms with Crippen LogP contribution in [-0.4, -0.2) is 80.6 Å². The fraction of sp³-hybridized carbons (Fsp3) is 0.878. The number of unbranched alkanes of at least 4 members (excludes halogenated alkanes) is 20. The Morgan fingerprint density at radius 3 is 1.47 bits per heavy atom. The average molecular weight is 697 g/mol. The highest BCUT2D eigenvalue weighted by molar-refractivity contribution is 5.72. The number of hydrogen-bond donors (Lipinski definition) is 1. The van der Waals surface area contributed by atoms with Crippen LogP contribution in [0.15, 0.2) is 12.2 Å². The molecule has 0 aliphatic rings. The van der Waals surface area contributed by atoms with E-state index >= 15 is 0 Å². The fourth-order valence-electron chi connectivity index (χ4n) is 5.97. The zero-order chi connectivity index (χ0) is 36.4. The Kier molecular flexibility index (Phi) is 31.9. The van der Waals surface area contributed by atoms with Crippen LogP contribution in [0.5, 0.6) is 0 Å². The number of rotatable bonds is 36. The van der Waals surface area contributed by atoms with Gasteiger partial charge in [-0.25, -0.2) is 4.79 Å². The number of carbonyl (C=O) groups excluding carboxylic acids is 2. The molecule has 0 aliphatic carbocycles.